The van der Waals surface area contributed by atoms with E-state index in [9.17, 15) is 4.39 Å². The highest BCUT2D eigenvalue weighted by molar-refractivity contribution is 6.31. The quantitative estimate of drug-likeness (QED) is 0.933. The predicted octanol–water partition coefficient (Wildman–Crippen LogP) is 3.86. The lowest BCUT2D eigenvalue weighted by Gasteiger charge is -2.11. The zero-order chi connectivity index (χ0) is 14.1. The molecule has 0 atom stereocenters. The lowest BCUT2D eigenvalue weighted by Crippen LogP contribution is -2.06. The van der Waals surface area contributed by atoms with Crippen LogP contribution < -0.4 is 5.32 Å². The van der Waals surface area contributed by atoms with Gasteiger partial charge in [-0.1, -0.05) is 11.6 Å². The average molecular weight is 292 g/mol. The summed E-state index contributed by atoms with van der Waals surface area (Å²) in [7, 11) is 0. The summed E-state index contributed by atoms with van der Waals surface area (Å²) in [6, 6.07) is 4.58. The van der Waals surface area contributed by atoms with Crippen LogP contribution in [-0.2, 0) is 12.8 Å². The molecule has 0 spiro atoms. The minimum absolute atomic E-state index is 0.0941. The van der Waals surface area contributed by atoms with Crippen molar-refractivity contribution in [3.05, 3.63) is 40.3 Å². The minimum atomic E-state index is -0.427. The number of hydrogen-bond donors (Lipinski definition) is 1. The van der Waals surface area contributed by atoms with Crippen molar-refractivity contribution in [2.45, 2.75) is 26.2 Å². The molecule has 0 amide bonds. The first-order valence-electron chi connectivity index (χ1n) is 6.78. The molecule has 3 rings (SSSR count). The largest absolute Gasteiger partial charge is 0.370 e. The molecule has 0 saturated carbocycles. The van der Waals surface area contributed by atoms with Crippen LogP contribution in [0.1, 0.15) is 24.6 Å². The fraction of sp³-hybridized carbons (Fsp3) is 0.333. The molecule has 0 aliphatic heterocycles. The summed E-state index contributed by atoms with van der Waals surface area (Å²) in [6.07, 6.45) is 3.09. The maximum atomic E-state index is 13.2. The van der Waals surface area contributed by atoms with Crippen LogP contribution in [0.4, 0.5) is 10.2 Å². The number of aryl methyl sites for hydroxylation is 1. The number of aromatic nitrogens is 2. The van der Waals surface area contributed by atoms with E-state index in [-0.39, 0.29) is 5.02 Å². The summed E-state index contributed by atoms with van der Waals surface area (Å²) in [6.45, 7) is 2.85. The number of fused-ring (bicyclic) bond motifs is 1. The topological polar surface area (TPSA) is 37.8 Å². The normalized spacial score (nSPS) is 13.3. The highest BCUT2D eigenvalue weighted by atomic mass is 35.5. The van der Waals surface area contributed by atoms with E-state index in [4.69, 9.17) is 11.6 Å². The van der Waals surface area contributed by atoms with E-state index in [2.05, 4.69) is 15.3 Å². The number of rotatable bonds is 3. The van der Waals surface area contributed by atoms with Crippen molar-refractivity contribution < 1.29 is 4.39 Å². The van der Waals surface area contributed by atoms with Gasteiger partial charge in [-0.15, -0.1) is 0 Å². The second-order valence-electron chi connectivity index (χ2n) is 4.83. The molecule has 0 radical (unpaired) electrons. The highest BCUT2D eigenvalue weighted by Gasteiger charge is 2.19. The molecule has 104 valence electrons. The van der Waals surface area contributed by atoms with Crippen LogP contribution >= 0.6 is 11.6 Å². The van der Waals surface area contributed by atoms with Crippen molar-refractivity contribution in [1.29, 1.82) is 0 Å². The smallest absolute Gasteiger partial charge is 0.161 e. The van der Waals surface area contributed by atoms with Gasteiger partial charge in [0.05, 0.1) is 5.02 Å². The minimum Gasteiger partial charge on any atom is -0.370 e. The first kappa shape index (κ1) is 13.3. The first-order chi connectivity index (χ1) is 9.69. The number of nitrogens with zero attached hydrogens (tertiary/aromatic N) is 2. The molecule has 1 N–H and O–H groups in total. The first-order valence-corrected chi connectivity index (χ1v) is 7.16. The predicted molar refractivity (Wildman–Crippen MR) is 78.6 cm³/mol. The van der Waals surface area contributed by atoms with Gasteiger partial charge in [-0.2, -0.15) is 0 Å². The maximum Gasteiger partial charge on any atom is 0.161 e. The fourth-order valence-corrected chi connectivity index (χ4v) is 2.69. The van der Waals surface area contributed by atoms with Gasteiger partial charge in [-0.05, 0) is 44.4 Å². The van der Waals surface area contributed by atoms with Crippen LogP contribution in [0, 0.1) is 5.82 Å². The van der Waals surface area contributed by atoms with Gasteiger partial charge in [-0.3, -0.25) is 0 Å². The van der Waals surface area contributed by atoms with Crippen LogP contribution in [0.25, 0.3) is 11.4 Å². The summed E-state index contributed by atoms with van der Waals surface area (Å²) >= 11 is 5.84. The van der Waals surface area contributed by atoms with Crippen molar-refractivity contribution >= 4 is 17.4 Å². The van der Waals surface area contributed by atoms with Crippen LogP contribution in [0.3, 0.4) is 0 Å². The molecule has 3 nitrogen and oxygen atoms in total. The van der Waals surface area contributed by atoms with Gasteiger partial charge < -0.3 is 5.32 Å². The van der Waals surface area contributed by atoms with Gasteiger partial charge in [0, 0.05) is 23.4 Å². The SMILES string of the molecule is CCNc1nc(-c2ccc(F)c(Cl)c2)nc2c1CCC2. The zero-order valence-electron chi connectivity index (χ0n) is 11.2. The number of benzene rings is 1. The summed E-state index contributed by atoms with van der Waals surface area (Å²) in [5, 5.41) is 3.38. The van der Waals surface area contributed by atoms with Gasteiger partial charge >= 0.3 is 0 Å². The zero-order valence-corrected chi connectivity index (χ0v) is 12.0. The second-order valence-corrected chi connectivity index (χ2v) is 5.24. The lowest BCUT2D eigenvalue weighted by atomic mass is 10.2. The van der Waals surface area contributed by atoms with Gasteiger partial charge in [-0.25, -0.2) is 14.4 Å². The Balaban J connectivity index is 2.09. The molecule has 1 heterocycles. The molecule has 0 saturated heterocycles. The van der Waals surface area contributed by atoms with Crippen molar-refractivity contribution in [2.24, 2.45) is 0 Å². The third-order valence-corrected chi connectivity index (χ3v) is 3.74. The van der Waals surface area contributed by atoms with E-state index in [1.54, 1.807) is 12.1 Å². The Labute approximate surface area is 122 Å². The Morgan fingerprint density at radius 3 is 2.90 bits per heavy atom. The number of halogens is 2. The van der Waals surface area contributed by atoms with Gasteiger partial charge in [0.1, 0.15) is 11.6 Å². The second kappa shape index (κ2) is 5.37. The number of anilines is 1. The Morgan fingerprint density at radius 1 is 1.30 bits per heavy atom. The summed E-state index contributed by atoms with van der Waals surface area (Å²) < 4.78 is 13.2. The standard InChI is InChI=1S/C15H15ClFN3/c1-2-18-15-10-4-3-5-13(10)19-14(20-15)9-6-7-12(17)11(16)8-9/h6-8H,2-5H2,1H3,(H,18,19,20). The Morgan fingerprint density at radius 2 is 2.15 bits per heavy atom. The van der Waals surface area contributed by atoms with Crippen LogP contribution in [0.15, 0.2) is 18.2 Å². The van der Waals surface area contributed by atoms with E-state index >= 15 is 0 Å². The number of hydrogen-bond acceptors (Lipinski definition) is 3. The fourth-order valence-electron chi connectivity index (χ4n) is 2.51. The monoisotopic (exact) mass is 291 g/mol. The van der Waals surface area contributed by atoms with Crippen LogP contribution in [0.5, 0.6) is 0 Å². The Hall–Kier alpha value is -1.68. The Bertz CT molecular complexity index is 658. The van der Waals surface area contributed by atoms with Crippen LogP contribution in [-0.4, -0.2) is 16.5 Å². The van der Waals surface area contributed by atoms with E-state index in [1.807, 2.05) is 6.92 Å². The van der Waals surface area contributed by atoms with Crippen molar-refractivity contribution in [1.82, 2.24) is 9.97 Å². The van der Waals surface area contributed by atoms with Crippen molar-refractivity contribution in [3.63, 3.8) is 0 Å². The third kappa shape index (κ3) is 2.36. The molecule has 5 heteroatoms. The van der Waals surface area contributed by atoms with E-state index in [1.165, 1.54) is 11.6 Å². The van der Waals surface area contributed by atoms with Crippen molar-refractivity contribution in [2.75, 3.05) is 11.9 Å². The van der Waals surface area contributed by atoms with Gasteiger partial charge in [0.25, 0.3) is 0 Å². The molecule has 20 heavy (non-hydrogen) atoms. The van der Waals surface area contributed by atoms with E-state index < -0.39 is 5.82 Å². The molecule has 0 fully saturated rings. The molecule has 0 unspecified atom stereocenters. The molecule has 1 aliphatic rings. The average Bonchev–Trinajstić information content (AvgIpc) is 2.90. The molecule has 1 aromatic carbocycles. The summed E-state index contributed by atoms with van der Waals surface area (Å²) in [5.74, 6) is 1.07. The molecule has 1 aliphatic carbocycles. The highest BCUT2D eigenvalue weighted by Crippen LogP contribution is 2.30. The number of nitrogens with one attached hydrogen (secondary N) is 1. The third-order valence-electron chi connectivity index (χ3n) is 3.46. The van der Waals surface area contributed by atoms with Gasteiger partial charge in [0.2, 0.25) is 0 Å². The summed E-state index contributed by atoms with van der Waals surface area (Å²) in [5.41, 5.74) is 3.04. The molecular formula is C15H15ClFN3. The lowest BCUT2D eigenvalue weighted by molar-refractivity contribution is 0.628. The Kier molecular flexibility index (Phi) is 3.57. The molecule has 0 bridgehead atoms. The van der Waals surface area contributed by atoms with Crippen LogP contribution in [0.2, 0.25) is 5.02 Å². The molecular weight excluding hydrogens is 277 g/mol. The molecule has 1 aromatic heterocycles. The van der Waals surface area contributed by atoms with E-state index in [0.29, 0.717) is 5.82 Å². The van der Waals surface area contributed by atoms with E-state index in [0.717, 1.165) is 42.9 Å². The summed E-state index contributed by atoms with van der Waals surface area (Å²) in [4.78, 5) is 9.18. The van der Waals surface area contributed by atoms with Crippen molar-refractivity contribution in [3.8, 4) is 11.4 Å². The van der Waals surface area contributed by atoms with Gasteiger partial charge in [0.15, 0.2) is 5.82 Å². The maximum absolute atomic E-state index is 13.2. The molecule has 2 aromatic rings.